The predicted molar refractivity (Wildman–Crippen MR) is 84.5 cm³/mol. The molecule has 0 heterocycles. The van der Waals surface area contributed by atoms with E-state index in [1.807, 2.05) is 0 Å². The van der Waals surface area contributed by atoms with Crippen molar-refractivity contribution in [2.75, 3.05) is 17.1 Å². The first-order valence-corrected chi connectivity index (χ1v) is 8.15. The van der Waals surface area contributed by atoms with Crippen LogP contribution in [-0.4, -0.2) is 21.4 Å². The predicted octanol–water partition coefficient (Wildman–Crippen LogP) is 2.73. The van der Waals surface area contributed by atoms with Crippen LogP contribution in [0, 0.1) is 11.6 Å². The lowest BCUT2D eigenvalue weighted by atomic mass is 10.2. The molecular weight excluding hydrogens is 342 g/mol. The third kappa shape index (κ3) is 3.99. The van der Waals surface area contributed by atoms with Gasteiger partial charge in [0, 0.05) is 12.6 Å². The van der Waals surface area contributed by atoms with Crippen molar-refractivity contribution < 1.29 is 26.7 Å². The van der Waals surface area contributed by atoms with Gasteiger partial charge in [0.2, 0.25) is 5.91 Å². The first-order valence-electron chi connectivity index (χ1n) is 6.66. The molecule has 0 unspecified atom stereocenters. The molecule has 0 saturated heterocycles. The highest BCUT2D eigenvalue weighted by atomic mass is 32.2. The molecule has 0 aliphatic rings. The third-order valence-electron chi connectivity index (χ3n) is 2.97. The Morgan fingerprint density at radius 2 is 1.79 bits per heavy atom. The minimum absolute atomic E-state index is 0.0356. The Morgan fingerprint density at radius 1 is 1.08 bits per heavy atom. The number of ether oxygens (including phenoxy) is 1. The summed E-state index contributed by atoms with van der Waals surface area (Å²) in [6.45, 7) is 1.30. The highest BCUT2D eigenvalue weighted by molar-refractivity contribution is 7.92. The molecule has 0 atom stereocenters. The molecule has 2 N–H and O–H groups in total. The number of amides is 1. The molecule has 1 amide bonds. The summed E-state index contributed by atoms with van der Waals surface area (Å²) in [7, 11) is -2.84. The average Bonchev–Trinajstić information content (AvgIpc) is 2.49. The first-order chi connectivity index (χ1) is 11.2. The van der Waals surface area contributed by atoms with Gasteiger partial charge in [-0.25, -0.2) is 17.2 Å². The van der Waals surface area contributed by atoms with Gasteiger partial charge in [-0.05, 0) is 36.4 Å². The summed E-state index contributed by atoms with van der Waals surface area (Å²) in [6, 6.07) is 6.54. The fourth-order valence-corrected chi connectivity index (χ4v) is 2.99. The van der Waals surface area contributed by atoms with Crippen molar-refractivity contribution in [1.82, 2.24) is 0 Å². The van der Waals surface area contributed by atoms with Crippen molar-refractivity contribution in [3.05, 3.63) is 48.0 Å². The molecule has 2 rings (SSSR count). The van der Waals surface area contributed by atoms with Crippen molar-refractivity contribution in [3.8, 4) is 5.75 Å². The summed E-state index contributed by atoms with van der Waals surface area (Å²) in [5, 5.41) is 2.50. The number of carbonyl (C=O) groups excluding carboxylic acids is 1. The van der Waals surface area contributed by atoms with E-state index in [9.17, 15) is 22.0 Å². The highest BCUT2D eigenvalue weighted by Gasteiger charge is 2.19. The molecule has 0 bridgehead atoms. The van der Waals surface area contributed by atoms with Crippen molar-refractivity contribution in [2.45, 2.75) is 11.8 Å². The molecule has 0 fully saturated rings. The maximum absolute atomic E-state index is 13.3. The molecule has 2 aromatic rings. The summed E-state index contributed by atoms with van der Waals surface area (Å²) in [5.41, 5.74) is 0.375. The molecule has 6 nitrogen and oxygen atoms in total. The molecule has 2 aromatic carbocycles. The van der Waals surface area contributed by atoms with E-state index in [0.717, 1.165) is 12.1 Å². The number of benzene rings is 2. The SMILES string of the molecule is COc1ccc(NC(C)=O)cc1NS(=O)(=O)c1ccc(F)c(F)c1. The molecule has 0 aliphatic carbocycles. The average molecular weight is 356 g/mol. The van der Waals surface area contributed by atoms with Gasteiger partial charge in [-0.15, -0.1) is 0 Å². The van der Waals surface area contributed by atoms with Crippen LogP contribution in [0.15, 0.2) is 41.3 Å². The molecular formula is C15H14F2N2O4S. The zero-order valence-corrected chi connectivity index (χ0v) is 13.6. The molecule has 0 aliphatic heterocycles. The highest BCUT2D eigenvalue weighted by Crippen LogP contribution is 2.30. The topological polar surface area (TPSA) is 84.5 Å². The number of anilines is 2. The van der Waals surface area contributed by atoms with E-state index >= 15 is 0 Å². The zero-order chi connectivity index (χ0) is 17.9. The van der Waals surface area contributed by atoms with Gasteiger partial charge in [0.25, 0.3) is 10.0 Å². The molecule has 0 spiro atoms. The lowest BCUT2D eigenvalue weighted by Gasteiger charge is -2.13. The van der Waals surface area contributed by atoms with Gasteiger partial charge in [0.1, 0.15) is 5.75 Å². The number of methoxy groups -OCH3 is 1. The number of carbonyl (C=O) groups is 1. The van der Waals surface area contributed by atoms with Crippen molar-refractivity contribution in [2.24, 2.45) is 0 Å². The van der Waals surface area contributed by atoms with Crippen LogP contribution in [0.5, 0.6) is 5.75 Å². The number of hydrogen-bond acceptors (Lipinski definition) is 4. The van der Waals surface area contributed by atoms with Gasteiger partial charge >= 0.3 is 0 Å². The summed E-state index contributed by atoms with van der Waals surface area (Å²) in [5.74, 6) is -2.58. The van der Waals surface area contributed by atoms with Gasteiger partial charge < -0.3 is 10.1 Å². The Hall–Kier alpha value is -2.68. The zero-order valence-electron chi connectivity index (χ0n) is 12.8. The second kappa shape index (κ2) is 6.83. The van der Waals surface area contributed by atoms with Gasteiger partial charge in [-0.2, -0.15) is 0 Å². The molecule has 24 heavy (non-hydrogen) atoms. The van der Waals surface area contributed by atoms with Crippen LogP contribution < -0.4 is 14.8 Å². The summed E-state index contributed by atoms with van der Waals surface area (Å²) in [6.07, 6.45) is 0. The van der Waals surface area contributed by atoms with Gasteiger partial charge in [-0.3, -0.25) is 9.52 Å². The number of hydrogen-bond donors (Lipinski definition) is 2. The molecule has 0 aromatic heterocycles. The maximum Gasteiger partial charge on any atom is 0.262 e. The van der Waals surface area contributed by atoms with Crippen LogP contribution in [0.2, 0.25) is 0 Å². The summed E-state index contributed by atoms with van der Waals surface area (Å²) >= 11 is 0. The summed E-state index contributed by atoms with van der Waals surface area (Å²) in [4.78, 5) is 10.6. The number of nitrogens with one attached hydrogen (secondary N) is 2. The standard InChI is InChI=1S/C15H14F2N2O4S/c1-9(20)18-10-3-6-15(23-2)14(7-10)19-24(21,22)11-4-5-12(16)13(17)8-11/h3-8,19H,1-2H3,(H,18,20). The van der Waals surface area contributed by atoms with Crippen LogP contribution >= 0.6 is 0 Å². The third-order valence-corrected chi connectivity index (χ3v) is 4.33. The van der Waals surface area contributed by atoms with E-state index in [2.05, 4.69) is 10.0 Å². The minimum atomic E-state index is -4.18. The van der Waals surface area contributed by atoms with Gasteiger partial charge in [-0.1, -0.05) is 0 Å². The van der Waals surface area contributed by atoms with E-state index in [1.165, 1.54) is 32.2 Å². The molecule has 0 radical (unpaired) electrons. The van der Waals surface area contributed by atoms with E-state index in [0.29, 0.717) is 11.8 Å². The Morgan fingerprint density at radius 3 is 2.38 bits per heavy atom. The Bertz CT molecular complexity index is 885. The smallest absolute Gasteiger partial charge is 0.262 e. The lowest BCUT2D eigenvalue weighted by molar-refractivity contribution is -0.114. The molecule has 0 saturated carbocycles. The Labute approximate surface area is 137 Å². The van der Waals surface area contributed by atoms with Crippen LogP contribution in [-0.2, 0) is 14.8 Å². The number of halogens is 2. The first kappa shape index (κ1) is 17.7. The van der Waals surface area contributed by atoms with E-state index in [1.54, 1.807) is 0 Å². The Balaban J connectivity index is 2.40. The lowest BCUT2D eigenvalue weighted by Crippen LogP contribution is -2.15. The van der Waals surface area contributed by atoms with Crippen LogP contribution in [0.25, 0.3) is 0 Å². The Kier molecular flexibility index (Phi) is 5.03. The van der Waals surface area contributed by atoms with Crippen molar-refractivity contribution >= 4 is 27.3 Å². The second-order valence-corrected chi connectivity index (χ2v) is 6.46. The quantitative estimate of drug-likeness (QED) is 0.863. The fraction of sp³-hybridized carbons (Fsp3) is 0.133. The number of sulfonamides is 1. The summed E-state index contributed by atoms with van der Waals surface area (Å²) < 4.78 is 58.1. The van der Waals surface area contributed by atoms with Crippen molar-refractivity contribution in [3.63, 3.8) is 0 Å². The van der Waals surface area contributed by atoms with E-state index in [-0.39, 0.29) is 17.3 Å². The van der Waals surface area contributed by atoms with Crippen LogP contribution in [0.3, 0.4) is 0 Å². The van der Waals surface area contributed by atoms with E-state index < -0.39 is 26.6 Å². The minimum Gasteiger partial charge on any atom is -0.495 e. The monoisotopic (exact) mass is 356 g/mol. The van der Waals surface area contributed by atoms with Gasteiger partial charge in [0.05, 0.1) is 17.7 Å². The van der Waals surface area contributed by atoms with E-state index in [4.69, 9.17) is 4.74 Å². The maximum atomic E-state index is 13.3. The normalized spacial score (nSPS) is 11.0. The molecule has 9 heteroatoms. The van der Waals surface area contributed by atoms with Gasteiger partial charge in [0.15, 0.2) is 11.6 Å². The fourth-order valence-electron chi connectivity index (χ4n) is 1.92. The second-order valence-electron chi connectivity index (χ2n) is 4.78. The largest absolute Gasteiger partial charge is 0.495 e. The number of rotatable bonds is 5. The van der Waals surface area contributed by atoms with Crippen LogP contribution in [0.1, 0.15) is 6.92 Å². The van der Waals surface area contributed by atoms with Crippen LogP contribution in [0.4, 0.5) is 20.2 Å². The molecule has 128 valence electrons. The van der Waals surface area contributed by atoms with Crippen molar-refractivity contribution in [1.29, 1.82) is 0 Å².